The van der Waals surface area contributed by atoms with Crippen molar-refractivity contribution < 1.29 is 9.13 Å². The van der Waals surface area contributed by atoms with Gasteiger partial charge in [0.1, 0.15) is 5.82 Å². The van der Waals surface area contributed by atoms with E-state index in [9.17, 15) is 4.39 Å². The highest BCUT2D eigenvalue weighted by Gasteiger charge is 2.20. The van der Waals surface area contributed by atoms with Crippen LogP contribution in [0.15, 0.2) is 18.2 Å². The predicted octanol–water partition coefficient (Wildman–Crippen LogP) is 2.55. The summed E-state index contributed by atoms with van der Waals surface area (Å²) >= 11 is 0. The zero-order valence-corrected chi connectivity index (χ0v) is 11.8. The highest BCUT2D eigenvalue weighted by atomic mass is 19.1. The van der Waals surface area contributed by atoms with Crippen LogP contribution in [0.3, 0.4) is 0 Å². The first-order valence-corrected chi connectivity index (χ1v) is 7.07. The molecule has 2 rings (SSSR count). The highest BCUT2D eigenvalue weighted by Crippen LogP contribution is 2.26. The summed E-state index contributed by atoms with van der Waals surface area (Å²) in [7, 11) is 0. The van der Waals surface area contributed by atoms with E-state index in [2.05, 4.69) is 17.1 Å². The van der Waals surface area contributed by atoms with E-state index in [1.165, 1.54) is 0 Å². The third kappa shape index (κ3) is 3.67. The Morgan fingerprint density at radius 2 is 2.32 bits per heavy atom. The molecule has 1 aromatic rings. The summed E-state index contributed by atoms with van der Waals surface area (Å²) in [5.74, 6) is -0.135. The summed E-state index contributed by atoms with van der Waals surface area (Å²) in [4.78, 5) is 2.12. The van der Waals surface area contributed by atoms with Crippen LogP contribution in [0.1, 0.15) is 25.8 Å². The average Bonchev–Trinajstić information content (AvgIpc) is 2.61. The number of rotatable bonds is 4. The minimum Gasteiger partial charge on any atom is -0.377 e. The Hall–Kier alpha value is -1.13. The number of hydrogen-bond acceptors (Lipinski definition) is 3. The number of anilines is 1. The largest absolute Gasteiger partial charge is 0.377 e. The summed E-state index contributed by atoms with van der Waals surface area (Å²) in [6.45, 7) is 8.05. The van der Waals surface area contributed by atoms with Gasteiger partial charge >= 0.3 is 0 Å². The lowest BCUT2D eigenvalue weighted by Crippen LogP contribution is -2.32. The van der Waals surface area contributed by atoms with Gasteiger partial charge in [0, 0.05) is 26.2 Å². The second-order valence-corrected chi connectivity index (χ2v) is 5.01. The standard InChI is InChI=1S/C15H23FN2O/c1-3-17-10-13-6-4-7-14(16)15(13)18-8-5-9-19-12(2)11-18/h4,6-7,12,17H,3,5,8-11H2,1-2H3. The molecule has 0 aromatic heterocycles. The molecule has 4 heteroatoms. The van der Waals surface area contributed by atoms with E-state index >= 15 is 0 Å². The van der Waals surface area contributed by atoms with Gasteiger partial charge in [-0.2, -0.15) is 0 Å². The molecule has 1 fully saturated rings. The van der Waals surface area contributed by atoms with Crippen molar-refractivity contribution in [2.75, 3.05) is 31.1 Å². The smallest absolute Gasteiger partial charge is 0.146 e. The SMILES string of the molecule is CCNCc1cccc(F)c1N1CCCOC(C)C1. The second-order valence-electron chi connectivity index (χ2n) is 5.01. The zero-order valence-electron chi connectivity index (χ0n) is 11.8. The van der Waals surface area contributed by atoms with E-state index in [1.54, 1.807) is 12.1 Å². The van der Waals surface area contributed by atoms with Gasteiger partial charge in [-0.3, -0.25) is 0 Å². The molecule has 0 amide bonds. The zero-order chi connectivity index (χ0) is 13.7. The molecule has 1 atom stereocenters. The normalized spacial score (nSPS) is 20.4. The number of nitrogens with one attached hydrogen (secondary N) is 1. The van der Waals surface area contributed by atoms with Crippen LogP contribution in [0.4, 0.5) is 10.1 Å². The van der Waals surface area contributed by atoms with Crippen LogP contribution in [-0.4, -0.2) is 32.3 Å². The van der Waals surface area contributed by atoms with Crippen molar-refractivity contribution in [1.82, 2.24) is 5.32 Å². The first-order chi connectivity index (χ1) is 9.22. The molecule has 1 aromatic carbocycles. The first-order valence-electron chi connectivity index (χ1n) is 7.07. The third-order valence-corrected chi connectivity index (χ3v) is 3.40. The van der Waals surface area contributed by atoms with Crippen molar-refractivity contribution in [2.24, 2.45) is 0 Å². The molecule has 1 aliphatic rings. The Balaban J connectivity index is 2.25. The van der Waals surface area contributed by atoms with E-state index in [0.717, 1.165) is 43.9 Å². The van der Waals surface area contributed by atoms with Gasteiger partial charge in [0.25, 0.3) is 0 Å². The maximum Gasteiger partial charge on any atom is 0.146 e. The van der Waals surface area contributed by atoms with E-state index in [1.807, 2.05) is 13.0 Å². The Morgan fingerprint density at radius 3 is 3.11 bits per heavy atom. The molecule has 1 heterocycles. The molecule has 1 aliphatic heterocycles. The maximum absolute atomic E-state index is 14.2. The van der Waals surface area contributed by atoms with Crippen molar-refractivity contribution >= 4 is 5.69 Å². The Kier molecular flexibility index (Phi) is 5.16. The van der Waals surface area contributed by atoms with Crippen LogP contribution in [0, 0.1) is 5.82 Å². The molecule has 1 saturated heterocycles. The van der Waals surface area contributed by atoms with Gasteiger partial charge in [-0.1, -0.05) is 19.1 Å². The molecule has 0 bridgehead atoms. The second kappa shape index (κ2) is 6.87. The number of benzene rings is 1. The summed E-state index contributed by atoms with van der Waals surface area (Å²) in [6, 6.07) is 5.32. The fourth-order valence-electron chi connectivity index (χ4n) is 2.51. The van der Waals surface area contributed by atoms with Gasteiger partial charge in [-0.05, 0) is 31.5 Å². The quantitative estimate of drug-likeness (QED) is 0.906. The van der Waals surface area contributed by atoms with Gasteiger partial charge in [0.05, 0.1) is 11.8 Å². The number of ether oxygens (including phenoxy) is 1. The molecule has 1 N–H and O–H groups in total. The molecular formula is C15H23FN2O. The topological polar surface area (TPSA) is 24.5 Å². The van der Waals surface area contributed by atoms with Gasteiger partial charge in [-0.15, -0.1) is 0 Å². The fourth-order valence-corrected chi connectivity index (χ4v) is 2.51. The first kappa shape index (κ1) is 14.3. The van der Waals surface area contributed by atoms with Crippen LogP contribution >= 0.6 is 0 Å². The average molecular weight is 266 g/mol. The molecule has 0 spiro atoms. The van der Waals surface area contributed by atoms with Crippen LogP contribution < -0.4 is 10.2 Å². The molecule has 19 heavy (non-hydrogen) atoms. The lowest BCUT2D eigenvalue weighted by atomic mass is 10.1. The summed E-state index contributed by atoms with van der Waals surface area (Å²) < 4.78 is 19.8. The van der Waals surface area contributed by atoms with Crippen molar-refractivity contribution in [3.05, 3.63) is 29.6 Å². The summed E-state index contributed by atoms with van der Waals surface area (Å²) in [5.41, 5.74) is 1.76. The number of halogens is 1. The third-order valence-electron chi connectivity index (χ3n) is 3.40. The van der Waals surface area contributed by atoms with Crippen LogP contribution in [-0.2, 0) is 11.3 Å². The van der Waals surface area contributed by atoms with Crippen molar-refractivity contribution in [1.29, 1.82) is 0 Å². The lowest BCUT2D eigenvalue weighted by molar-refractivity contribution is 0.0820. The fraction of sp³-hybridized carbons (Fsp3) is 0.600. The Labute approximate surface area is 114 Å². The number of nitrogens with zero attached hydrogens (tertiary/aromatic N) is 1. The van der Waals surface area contributed by atoms with Crippen molar-refractivity contribution in [3.8, 4) is 0 Å². The van der Waals surface area contributed by atoms with Gasteiger partial charge in [0.15, 0.2) is 0 Å². The van der Waals surface area contributed by atoms with E-state index in [4.69, 9.17) is 4.74 Å². The molecular weight excluding hydrogens is 243 g/mol. The number of hydrogen-bond donors (Lipinski definition) is 1. The van der Waals surface area contributed by atoms with Crippen LogP contribution in [0.25, 0.3) is 0 Å². The molecule has 1 unspecified atom stereocenters. The Morgan fingerprint density at radius 1 is 1.47 bits per heavy atom. The predicted molar refractivity (Wildman–Crippen MR) is 76.0 cm³/mol. The maximum atomic E-state index is 14.2. The molecule has 0 aliphatic carbocycles. The monoisotopic (exact) mass is 266 g/mol. The molecule has 3 nitrogen and oxygen atoms in total. The van der Waals surface area contributed by atoms with Crippen LogP contribution in [0.2, 0.25) is 0 Å². The summed E-state index contributed by atoms with van der Waals surface area (Å²) in [6.07, 6.45) is 1.09. The van der Waals surface area contributed by atoms with E-state index in [-0.39, 0.29) is 11.9 Å². The Bertz CT molecular complexity index is 411. The van der Waals surface area contributed by atoms with Gasteiger partial charge < -0.3 is 15.0 Å². The van der Waals surface area contributed by atoms with Gasteiger partial charge in [-0.25, -0.2) is 4.39 Å². The van der Waals surface area contributed by atoms with Crippen LogP contribution in [0.5, 0.6) is 0 Å². The minimum atomic E-state index is -0.135. The molecule has 0 saturated carbocycles. The molecule has 106 valence electrons. The van der Waals surface area contributed by atoms with E-state index < -0.39 is 0 Å². The minimum absolute atomic E-state index is 0.135. The highest BCUT2D eigenvalue weighted by molar-refractivity contribution is 5.55. The number of para-hydroxylation sites is 1. The van der Waals surface area contributed by atoms with Crippen molar-refractivity contribution in [3.63, 3.8) is 0 Å². The lowest BCUT2D eigenvalue weighted by Gasteiger charge is -2.27. The molecule has 0 radical (unpaired) electrons. The van der Waals surface area contributed by atoms with E-state index in [0.29, 0.717) is 6.54 Å². The summed E-state index contributed by atoms with van der Waals surface area (Å²) in [5, 5.41) is 3.27. The van der Waals surface area contributed by atoms with Gasteiger partial charge in [0.2, 0.25) is 0 Å². The van der Waals surface area contributed by atoms with Crippen molar-refractivity contribution in [2.45, 2.75) is 32.9 Å².